The Morgan fingerprint density at radius 1 is 1.57 bits per heavy atom. The third-order valence-electron chi connectivity index (χ3n) is 3.21. The van der Waals surface area contributed by atoms with Crippen LogP contribution in [0.4, 0.5) is 11.5 Å². The number of morpholine rings is 1. The predicted octanol–water partition coefficient (Wildman–Crippen LogP) is -0.896. The van der Waals surface area contributed by atoms with E-state index in [0.717, 1.165) is 0 Å². The van der Waals surface area contributed by atoms with Crippen molar-refractivity contribution in [2.24, 2.45) is 5.73 Å². The summed E-state index contributed by atoms with van der Waals surface area (Å²) in [6.45, 7) is 3.47. The van der Waals surface area contributed by atoms with Gasteiger partial charge in [-0.2, -0.15) is 0 Å². The van der Waals surface area contributed by atoms with E-state index in [4.69, 9.17) is 16.2 Å². The highest BCUT2D eigenvalue weighted by Gasteiger charge is 2.32. The molecule has 0 bridgehead atoms. The summed E-state index contributed by atoms with van der Waals surface area (Å²) >= 11 is 0. The second kappa shape index (κ2) is 6.40. The van der Waals surface area contributed by atoms with Crippen LogP contribution in [0.2, 0.25) is 0 Å². The minimum Gasteiger partial charge on any atom is -0.397 e. The lowest BCUT2D eigenvalue weighted by molar-refractivity contribution is -0.124. The van der Waals surface area contributed by atoms with Gasteiger partial charge in [-0.3, -0.25) is 9.59 Å². The van der Waals surface area contributed by atoms with Gasteiger partial charge in [0.25, 0.3) is 5.91 Å². The number of hydrogen-bond donors (Lipinski definition) is 3. The lowest BCUT2D eigenvalue weighted by Gasteiger charge is -2.36. The zero-order chi connectivity index (χ0) is 15.4. The molecule has 1 aromatic heterocycles. The molecule has 1 atom stereocenters. The lowest BCUT2D eigenvalue weighted by Crippen LogP contribution is -2.54. The highest BCUT2D eigenvalue weighted by atomic mass is 16.5. The average Bonchev–Trinajstić information content (AvgIpc) is 2.47. The molecule has 8 nitrogen and oxygen atoms in total. The van der Waals surface area contributed by atoms with E-state index in [0.29, 0.717) is 31.2 Å². The average molecular weight is 293 g/mol. The van der Waals surface area contributed by atoms with Crippen molar-refractivity contribution in [3.8, 4) is 0 Å². The molecule has 0 spiro atoms. The largest absolute Gasteiger partial charge is 0.397 e. The Bertz CT molecular complexity index is 549. The topological polar surface area (TPSA) is 124 Å². The summed E-state index contributed by atoms with van der Waals surface area (Å²) in [5.74, 6) is -0.451. The highest BCUT2D eigenvalue weighted by Crippen LogP contribution is 2.23. The van der Waals surface area contributed by atoms with E-state index in [-0.39, 0.29) is 18.1 Å². The first-order chi connectivity index (χ1) is 10.0. The number of hydrogen-bond acceptors (Lipinski definition) is 6. The van der Waals surface area contributed by atoms with Crippen LogP contribution in [0.25, 0.3) is 0 Å². The van der Waals surface area contributed by atoms with Crippen molar-refractivity contribution in [1.29, 1.82) is 0 Å². The van der Waals surface area contributed by atoms with Crippen molar-refractivity contribution in [3.63, 3.8) is 0 Å². The third-order valence-corrected chi connectivity index (χ3v) is 3.21. The zero-order valence-corrected chi connectivity index (χ0v) is 11.8. The smallest absolute Gasteiger partial charge is 0.252 e. The Balaban J connectivity index is 2.37. The highest BCUT2D eigenvalue weighted by molar-refractivity contribution is 5.99. The van der Waals surface area contributed by atoms with Gasteiger partial charge < -0.3 is 26.4 Å². The van der Waals surface area contributed by atoms with Crippen molar-refractivity contribution in [2.45, 2.75) is 13.0 Å². The van der Waals surface area contributed by atoms with Gasteiger partial charge in [0.1, 0.15) is 11.9 Å². The monoisotopic (exact) mass is 293 g/mol. The molecule has 1 aliphatic rings. The van der Waals surface area contributed by atoms with Gasteiger partial charge >= 0.3 is 0 Å². The summed E-state index contributed by atoms with van der Waals surface area (Å²) in [6, 6.07) is 0.919. The van der Waals surface area contributed by atoms with Gasteiger partial charge in [0.05, 0.1) is 30.7 Å². The van der Waals surface area contributed by atoms with Crippen LogP contribution in [0.15, 0.2) is 12.3 Å². The van der Waals surface area contributed by atoms with Crippen LogP contribution in [-0.2, 0) is 9.53 Å². The molecule has 21 heavy (non-hydrogen) atoms. The summed E-state index contributed by atoms with van der Waals surface area (Å²) in [5, 5.41) is 2.75. The summed E-state index contributed by atoms with van der Waals surface area (Å²) < 4.78 is 5.35. The number of ether oxygens (including phenoxy) is 1. The number of carbonyl (C=O) groups is 2. The van der Waals surface area contributed by atoms with Gasteiger partial charge in [0.15, 0.2) is 0 Å². The van der Waals surface area contributed by atoms with Gasteiger partial charge in [0.2, 0.25) is 5.91 Å². The van der Waals surface area contributed by atoms with Crippen molar-refractivity contribution < 1.29 is 14.3 Å². The lowest BCUT2D eigenvalue weighted by atomic mass is 10.1. The first-order valence-corrected chi connectivity index (χ1v) is 6.72. The molecule has 0 aromatic carbocycles. The predicted molar refractivity (Wildman–Crippen MR) is 77.8 cm³/mol. The van der Waals surface area contributed by atoms with Crippen LogP contribution in [0.3, 0.4) is 0 Å². The second-order valence-corrected chi connectivity index (χ2v) is 4.68. The Labute approximate surface area is 122 Å². The molecule has 0 radical (unpaired) electrons. The molecule has 2 heterocycles. The Morgan fingerprint density at radius 3 is 3.00 bits per heavy atom. The van der Waals surface area contributed by atoms with E-state index < -0.39 is 11.9 Å². The zero-order valence-electron chi connectivity index (χ0n) is 11.8. The first kappa shape index (κ1) is 15.0. The van der Waals surface area contributed by atoms with Crippen molar-refractivity contribution in [1.82, 2.24) is 10.3 Å². The van der Waals surface area contributed by atoms with Crippen LogP contribution < -0.4 is 21.7 Å². The number of rotatable bonds is 4. The van der Waals surface area contributed by atoms with Crippen LogP contribution in [-0.4, -0.2) is 49.1 Å². The van der Waals surface area contributed by atoms with E-state index in [1.807, 2.05) is 6.92 Å². The molecule has 114 valence electrons. The van der Waals surface area contributed by atoms with E-state index in [9.17, 15) is 9.59 Å². The molecule has 1 aliphatic heterocycles. The van der Waals surface area contributed by atoms with E-state index >= 15 is 0 Å². The van der Waals surface area contributed by atoms with Gasteiger partial charge in [-0.15, -0.1) is 0 Å². The maximum absolute atomic E-state index is 12.1. The molecule has 2 rings (SSSR count). The van der Waals surface area contributed by atoms with E-state index in [1.54, 1.807) is 4.90 Å². The molecular formula is C13H19N5O3. The van der Waals surface area contributed by atoms with Gasteiger partial charge in [-0.1, -0.05) is 0 Å². The fourth-order valence-electron chi connectivity index (χ4n) is 2.25. The summed E-state index contributed by atoms with van der Waals surface area (Å²) in [6.07, 6.45) is 1.44. The molecule has 0 aliphatic carbocycles. The summed E-state index contributed by atoms with van der Waals surface area (Å²) in [4.78, 5) is 29.6. The van der Waals surface area contributed by atoms with E-state index in [2.05, 4.69) is 10.3 Å². The quantitative estimate of drug-likeness (QED) is 0.661. The molecule has 1 unspecified atom stereocenters. The van der Waals surface area contributed by atoms with Crippen LogP contribution in [0.5, 0.6) is 0 Å². The van der Waals surface area contributed by atoms with Gasteiger partial charge in [-0.05, 0) is 13.0 Å². The number of nitrogens with zero attached hydrogens (tertiary/aromatic N) is 2. The maximum Gasteiger partial charge on any atom is 0.252 e. The van der Waals surface area contributed by atoms with Gasteiger partial charge in [-0.25, -0.2) is 4.98 Å². The fraction of sp³-hybridized carbons (Fsp3) is 0.462. The minimum atomic E-state index is -0.633. The SMILES string of the molecule is CCNC(=O)C1COCCN1c1ncc(N)cc1C(N)=O. The number of carbonyl (C=O) groups excluding carboxylic acids is 2. The number of pyridine rings is 1. The van der Waals surface area contributed by atoms with Crippen molar-refractivity contribution >= 4 is 23.3 Å². The van der Waals surface area contributed by atoms with E-state index in [1.165, 1.54) is 12.3 Å². The molecule has 2 amide bonds. The molecule has 1 fully saturated rings. The number of likely N-dealkylation sites (N-methyl/N-ethyl adjacent to an activating group) is 1. The Morgan fingerprint density at radius 2 is 2.33 bits per heavy atom. The Kier molecular flexibility index (Phi) is 4.59. The number of amides is 2. The number of nitrogen functional groups attached to an aromatic ring is 1. The van der Waals surface area contributed by atoms with Crippen LogP contribution in [0.1, 0.15) is 17.3 Å². The molecule has 0 saturated carbocycles. The Hall–Kier alpha value is -2.35. The number of nitrogens with two attached hydrogens (primary N) is 2. The summed E-state index contributed by atoms with van der Waals surface area (Å²) in [5.41, 5.74) is 11.6. The fourth-order valence-corrected chi connectivity index (χ4v) is 2.25. The molecule has 1 saturated heterocycles. The molecule has 5 N–H and O–H groups in total. The third kappa shape index (κ3) is 3.22. The first-order valence-electron chi connectivity index (χ1n) is 6.72. The number of nitrogens with one attached hydrogen (secondary N) is 1. The summed E-state index contributed by atoms with van der Waals surface area (Å²) in [7, 11) is 0. The minimum absolute atomic E-state index is 0.175. The molecule has 8 heteroatoms. The second-order valence-electron chi connectivity index (χ2n) is 4.68. The normalized spacial score (nSPS) is 18.3. The maximum atomic E-state index is 12.1. The standard InChI is InChI=1S/C13H19N5O3/c1-2-16-13(20)10-7-21-4-3-18(10)12-9(11(15)19)5-8(14)6-17-12/h5-6,10H,2-4,7,14H2,1H3,(H2,15,19)(H,16,20). The van der Waals surface area contributed by atoms with Crippen molar-refractivity contribution in [2.75, 3.05) is 36.9 Å². The number of aromatic nitrogens is 1. The van der Waals surface area contributed by atoms with Crippen LogP contribution in [0, 0.1) is 0 Å². The molecule has 1 aromatic rings. The molecular weight excluding hydrogens is 274 g/mol. The van der Waals surface area contributed by atoms with Crippen LogP contribution >= 0.6 is 0 Å². The number of anilines is 2. The van der Waals surface area contributed by atoms with Gasteiger partial charge in [0, 0.05) is 13.1 Å². The number of primary amides is 1. The van der Waals surface area contributed by atoms with Crippen molar-refractivity contribution in [3.05, 3.63) is 17.8 Å².